The van der Waals surface area contributed by atoms with E-state index < -0.39 is 0 Å². The van der Waals surface area contributed by atoms with E-state index >= 15 is 0 Å². The van der Waals surface area contributed by atoms with Crippen LogP contribution in [0.4, 0.5) is 0 Å². The lowest BCUT2D eigenvalue weighted by molar-refractivity contribution is 0.706. The maximum Gasteiger partial charge on any atom is 0.0483 e. The number of aromatic nitrogens is 1. The van der Waals surface area contributed by atoms with E-state index in [1.807, 2.05) is 0 Å². The summed E-state index contributed by atoms with van der Waals surface area (Å²) < 4.78 is 2.23. The fourth-order valence-electron chi connectivity index (χ4n) is 2.65. The van der Waals surface area contributed by atoms with Crippen LogP contribution in [0.15, 0.2) is 24.4 Å². The third kappa shape index (κ3) is 1.23. The second kappa shape index (κ2) is 3.11. The van der Waals surface area contributed by atoms with Crippen molar-refractivity contribution < 1.29 is 0 Å². The van der Waals surface area contributed by atoms with Gasteiger partial charge < -0.3 is 10.3 Å². The number of benzene rings is 1. The summed E-state index contributed by atoms with van der Waals surface area (Å²) in [7, 11) is 2.12. The molecule has 0 atom stereocenters. The normalized spacial score (nSPS) is 17.9. The Kier molecular flexibility index (Phi) is 1.93. The summed E-state index contributed by atoms with van der Waals surface area (Å²) in [6.45, 7) is 2.92. The van der Waals surface area contributed by atoms with Crippen LogP contribution in [-0.4, -0.2) is 11.1 Å². The molecular weight excluding hydrogens is 196 g/mol. The summed E-state index contributed by atoms with van der Waals surface area (Å²) in [5.74, 6) is 0. The minimum Gasteiger partial charge on any atom is -0.350 e. The average molecular weight is 214 g/mol. The Labute approximate surface area is 96.1 Å². The molecule has 1 heterocycles. The van der Waals surface area contributed by atoms with Gasteiger partial charge in [-0.3, -0.25) is 0 Å². The fraction of sp³-hybridized carbons (Fsp3) is 0.429. The highest BCUT2D eigenvalue weighted by Crippen LogP contribution is 2.49. The number of hydrogen-bond acceptors (Lipinski definition) is 1. The molecule has 3 rings (SSSR count). The summed E-state index contributed by atoms with van der Waals surface area (Å²) in [5, 5.41) is 1.39. The van der Waals surface area contributed by atoms with Gasteiger partial charge in [-0.25, -0.2) is 0 Å². The summed E-state index contributed by atoms with van der Waals surface area (Å²) in [6.07, 6.45) is 4.76. The highest BCUT2D eigenvalue weighted by Gasteiger charge is 2.44. The number of rotatable bonds is 2. The van der Waals surface area contributed by atoms with Crippen LogP contribution < -0.4 is 5.73 Å². The monoisotopic (exact) mass is 214 g/mol. The van der Waals surface area contributed by atoms with Gasteiger partial charge in [-0.1, -0.05) is 12.1 Å². The average Bonchev–Trinajstić information content (AvgIpc) is 3.01. The molecule has 1 aliphatic rings. The van der Waals surface area contributed by atoms with Crippen molar-refractivity contribution in [3.63, 3.8) is 0 Å². The fourth-order valence-corrected chi connectivity index (χ4v) is 2.65. The minimum atomic E-state index is 0.286. The third-order valence-corrected chi connectivity index (χ3v) is 3.96. The van der Waals surface area contributed by atoms with Crippen LogP contribution in [0.2, 0.25) is 0 Å². The molecule has 0 aliphatic heterocycles. The van der Waals surface area contributed by atoms with E-state index in [2.05, 4.69) is 42.9 Å². The molecule has 2 heteroatoms. The van der Waals surface area contributed by atoms with Gasteiger partial charge in [0.25, 0.3) is 0 Å². The summed E-state index contributed by atoms with van der Waals surface area (Å²) in [4.78, 5) is 0. The largest absolute Gasteiger partial charge is 0.350 e. The Morgan fingerprint density at radius 3 is 2.75 bits per heavy atom. The standard InChI is InChI=1S/C14H18N2/c1-10-3-4-11-12(14(9-15)5-6-14)8-16(2)13(11)7-10/h3-4,7-8H,5-6,9,15H2,1-2H3. The minimum absolute atomic E-state index is 0.286. The molecule has 1 aromatic carbocycles. The van der Waals surface area contributed by atoms with E-state index in [1.54, 1.807) is 0 Å². The molecule has 2 N–H and O–H groups in total. The first-order valence-electron chi connectivity index (χ1n) is 5.92. The van der Waals surface area contributed by atoms with E-state index in [0.29, 0.717) is 0 Å². The molecule has 1 saturated carbocycles. The predicted octanol–water partition coefficient (Wildman–Crippen LogP) is 2.48. The lowest BCUT2D eigenvalue weighted by Crippen LogP contribution is -2.19. The van der Waals surface area contributed by atoms with Crippen molar-refractivity contribution in [2.75, 3.05) is 6.54 Å². The molecule has 84 valence electrons. The number of hydrogen-bond donors (Lipinski definition) is 1. The molecule has 0 bridgehead atoms. The van der Waals surface area contributed by atoms with Crippen molar-refractivity contribution in [2.24, 2.45) is 12.8 Å². The Morgan fingerprint density at radius 2 is 2.12 bits per heavy atom. The zero-order valence-electron chi connectivity index (χ0n) is 9.96. The molecule has 0 saturated heterocycles. The van der Waals surface area contributed by atoms with Crippen molar-refractivity contribution in [3.05, 3.63) is 35.5 Å². The second-order valence-electron chi connectivity index (χ2n) is 5.16. The Balaban J connectivity index is 2.27. The van der Waals surface area contributed by atoms with Crippen molar-refractivity contribution in [1.82, 2.24) is 4.57 Å². The van der Waals surface area contributed by atoms with Gasteiger partial charge in [0.1, 0.15) is 0 Å². The van der Waals surface area contributed by atoms with Crippen LogP contribution in [-0.2, 0) is 12.5 Å². The Hall–Kier alpha value is -1.28. The van der Waals surface area contributed by atoms with Gasteiger partial charge in [0, 0.05) is 36.1 Å². The lowest BCUT2D eigenvalue weighted by atomic mass is 9.95. The zero-order chi connectivity index (χ0) is 11.3. The van der Waals surface area contributed by atoms with E-state index in [-0.39, 0.29) is 5.41 Å². The van der Waals surface area contributed by atoms with E-state index in [0.717, 1.165) is 6.54 Å². The smallest absolute Gasteiger partial charge is 0.0483 e. The number of nitrogens with two attached hydrogens (primary N) is 1. The highest BCUT2D eigenvalue weighted by molar-refractivity contribution is 5.86. The van der Waals surface area contributed by atoms with Crippen molar-refractivity contribution >= 4 is 10.9 Å². The molecule has 0 spiro atoms. The van der Waals surface area contributed by atoms with Crippen molar-refractivity contribution in [1.29, 1.82) is 0 Å². The summed E-state index contributed by atoms with van der Waals surface area (Å²) in [5.41, 5.74) is 10.3. The Morgan fingerprint density at radius 1 is 1.38 bits per heavy atom. The van der Waals surface area contributed by atoms with Crippen LogP contribution in [0.3, 0.4) is 0 Å². The van der Waals surface area contributed by atoms with Crippen LogP contribution in [0.1, 0.15) is 24.0 Å². The first-order valence-corrected chi connectivity index (χ1v) is 5.92. The predicted molar refractivity (Wildman–Crippen MR) is 67.6 cm³/mol. The molecule has 2 aromatic rings. The maximum absolute atomic E-state index is 5.92. The number of fused-ring (bicyclic) bond motifs is 1. The van der Waals surface area contributed by atoms with Gasteiger partial charge in [0.15, 0.2) is 0 Å². The van der Waals surface area contributed by atoms with Crippen LogP contribution in [0, 0.1) is 6.92 Å². The SMILES string of the molecule is Cc1ccc2c(C3(CN)CC3)cn(C)c2c1. The molecule has 1 aromatic heterocycles. The lowest BCUT2D eigenvalue weighted by Gasteiger charge is -2.10. The molecule has 0 radical (unpaired) electrons. The molecule has 1 fully saturated rings. The van der Waals surface area contributed by atoms with Gasteiger partial charge in [-0.05, 0) is 37.0 Å². The number of aryl methyl sites for hydroxylation is 2. The third-order valence-electron chi connectivity index (χ3n) is 3.96. The van der Waals surface area contributed by atoms with Crippen LogP contribution in [0.5, 0.6) is 0 Å². The number of nitrogens with zero attached hydrogens (tertiary/aromatic N) is 1. The van der Waals surface area contributed by atoms with Gasteiger partial charge in [0.05, 0.1) is 0 Å². The molecule has 1 aliphatic carbocycles. The molecule has 2 nitrogen and oxygen atoms in total. The summed E-state index contributed by atoms with van der Waals surface area (Å²) in [6, 6.07) is 6.69. The van der Waals surface area contributed by atoms with Crippen molar-refractivity contribution in [3.8, 4) is 0 Å². The molecule has 16 heavy (non-hydrogen) atoms. The van der Waals surface area contributed by atoms with Gasteiger partial charge in [-0.15, -0.1) is 0 Å². The van der Waals surface area contributed by atoms with Crippen molar-refractivity contribution in [2.45, 2.75) is 25.2 Å². The second-order valence-corrected chi connectivity index (χ2v) is 5.16. The topological polar surface area (TPSA) is 30.9 Å². The van der Waals surface area contributed by atoms with Crippen LogP contribution in [0.25, 0.3) is 10.9 Å². The van der Waals surface area contributed by atoms with E-state index in [1.165, 1.54) is 34.9 Å². The van der Waals surface area contributed by atoms with E-state index in [9.17, 15) is 0 Å². The molecule has 0 amide bonds. The van der Waals surface area contributed by atoms with Crippen LogP contribution >= 0.6 is 0 Å². The Bertz CT molecular complexity index is 547. The van der Waals surface area contributed by atoms with E-state index in [4.69, 9.17) is 5.73 Å². The molecule has 0 unspecified atom stereocenters. The maximum atomic E-state index is 5.92. The highest BCUT2D eigenvalue weighted by atomic mass is 14.9. The zero-order valence-corrected chi connectivity index (χ0v) is 9.96. The summed E-state index contributed by atoms with van der Waals surface area (Å²) >= 11 is 0. The van der Waals surface area contributed by atoms with Gasteiger partial charge >= 0.3 is 0 Å². The van der Waals surface area contributed by atoms with Gasteiger partial charge in [-0.2, -0.15) is 0 Å². The molecular formula is C14H18N2. The quantitative estimate of drug-likeness (QED) is 0.818. The first-order chi connectivity index (χ1) is 7.66. The van der Waals surface area contributed by atoms with Gasteiger partial charge in [0.2, 0.25) is 0 Å². The first kappa shape index (κ1) is 9.91.